The second-order valence-electron chi connectivity index (χ2n) is 14.8. The van der Waals surface area contributed by atoms with E-state index in [0.29, 0.717) is 6.42 Å². The summed E-state index contributed by atoms with van der Waals surface area (Å²) in [6, 6.07) is 48.0. The van der Waals surface area contributed by atoms with Gasteiger partial charge < -0.3 is 0 Å². The highest BCUT2D eigenvalue weighted by atomic mass is 14.7. The van der Waals surface area contributed by atoms with Crippen LogP contribution in [0.2, 0.25) is 0 Å². The molecule has 1 aromatic heterocycles. The van der Waals surface area contributed by atoms with Crippen molar-refractivity contribution < 1.29 is 0 Å². The highest BCUT2D eigenvalue weighted by Gasteiger charge is 2.17. The first-order valence-electron chi connectivity index (χ1n) is 20.6. The highest BCUT2D eigenvalue weighted by Crippen LogP contribution is 2.37. The van der Waals surface area contributed by atoms with E-state index in [-0.39, 0.29) is 0 Å². The molecule has 1 heterocycles. The molecule has 0 atom stereocenters. The highest BCUT2D eigenvalue weighted by molar-refractivity contribution is 5.82. The van der Waals surface area contributed by atoms with Gasteiger partial charge in [0.15, 0.2) is 0 Å². The Hall–Kier alpha value is -6.49. The Morgan fingerprint density at radius 1 is 0.655 bits per heavy atom. The number of pyridine rings is 1. The fourth-order valence-electron chi connectivity index (χ4n) is 7.52. The largest absolute Gasteiger partial charge is 0.248 e. The Labute approximate surface area is 348 Å². The van der Waals surface area contributed by atoms with Crippen molar-refractivity contribution in [3.63, 3.8) is 0 Å². The minimum absolute atomic E-state index is 0.705. The molecule has 1 heteroatoms. The summed E-state index contributed by atoms with van der Waals surface area (Å²) in [6.45, 7) is 16.7. The third-order valence-corrected chi connectivity index (χ3v) is 10.5. The molecule has 1 aliphatic carbocycles. The summed E-state index contributed by atoms with van der Waals surface area (Å²) < 4.78 is 0. The molecule has 0 N–H and O–H groups in total. The average molecular weight is 754 g/mol. The maximum Gasteiger partial charge on any atom is 0.0709 e. The first-order chi connectivity index (χ1) is 28.4. The summed E-state index contributed by atoms with van der Waals surface area (Å²) >= 11 is 0. The molecule has 58 heavy (non-hydrogen) atoms. The van der Waals surface area contributed by atoms with Crippen LogP contribution in [0.5, 0.6) is 0 Å². The first kappa shape index (κ1) is 41.2. The van der Waals surface area contributed by atoms with E-state index < -0.39 is 0 Å². The molecule has 1 nitrogen and oxygen atoms in total. The van der Waals surface area contributed by atoms with Gasteiger partial charge in [-0.25, -0.2) is 4.98 Å². The van der Waals surface area contributed by atoms with Gasteiger partial charge in [-0.15, -0.1) is 5.92 Å². The molecule has 0 aliphatic heterocycles. The molecule has 0 amide bonds. The fourth-order valence-corrected chi connectivity index (χ4v) is 7.52. The van der Waals surface area contributed by atoms with Crippen molar-refractivity contribution in [2.24, 2.45) is 0 Å². The molecule has 0 saturated carbocycles. The van der Waals surface area contributed by atoms with Gasteiger partial charge in [0.05, 0.1) is 11.4 Å². The van der Waals surface area contributed by atoms with E-state index in [1.165, 1.54) is 73.2 Å². The van der Waals surface area contributed by atoms with Gasteiger partial charge in [0.2, 0.25) is 0 Å². The lowest BCUT2D eigenvalue weighted by atomic mass is 9.92. The SMILES string of the molecule is C=CC1=C(/C=C\C)/C(=C/C(=C\CC#CC)c2cccc(-c3cccc(-c4cccc(-c5cccc(-c6ccc(C)c(-c7ccccc7C)c6)c5)n4)c3)c2)CC1.CCC. The molecule has 5 aromatic carbocycles. The van der Waals surface area contributed by atoms with Crippen LogP contribution in [0, 0.1) is 25.7 Å². The van der Waals surface area contributed by atoms with Crippen LogP contribution in [0.4, 0.5) is 0 Å². The molecule has 0 fully saturated rings. The number of benzene rings is 5. The van der Waals surface area contributed by atoms with Crippen molar-refractivity contribution in [3.8, 4) is 67.7 Å². The van der Waals surface area contributed by atoms with Crippen LogP contribution in [0.3, 0.4) is 0 Å². The van der Waals surface area contributed by atoms with Crippen LogP contribution < -0.4 is 0 Å². The normalized spacial score (nSPS) is 13.3. The first-order valence-corrected chi connectivity index (χ1v) is 20.6. The third-order valence-electron chi connectivity index (χ3n) is 10.5. The molecule has 0 saturated heterocycles. The zero-order valence-corrected chi connectivity index (χ0v) is 35.1. The van der Waals surface area contributed by atoms with Crippen LogP contribution in [-0.4, -0.2) is 4.98 Å². The number of rotatable bonds is 10. The number of aromatic nitrogens is 1. The molecule has 1 aliphatic rings. The van der Waals surface area contributed by atoms with Crippen LogP contribution >= 0.6 is 0 Å². The van der Waals surface area contributed by atoms with E-state index in [1.54, 1.807) is 0 Å². The lowest BCUT2D eigenvalue weighted by molar-refractivity contribution is 1.03. The third kappa shape index (κ3) is 9.90. The molecule has 7 rings (SSSR count). The van der Waals surface area contributed by atoms with Gasteiger partial charge in [0.1, 0.15) is 0 Å². The lowest BCUT2D eigenvalue weighted by Gasteiger charge is -2.13. The van der Waals surface area contributed by atoms with Gasteiger partial charge in [-0.3, -0.25) is 0 Å². The molecule has 0 unspecified atom stereocenters. The quantitative estimate of drug-likeness (QED) is 0.127. The Kier molecular flexibility index (Phi) is 14.3. The van der Waals surface area contributed by atoms with Gasteiger partial charge in [-0.05, 0) is 149 Å². The smallest absolute Gasteiger partial charge is 0.0709 e. The maximum absolute atomic E-state index is 5.21. The second kappa shape index (κ2) is 20.1. The molecular weight excluding hydrogens is 699 g/mol. The van der Waals surface area contributed by atoms with Crippen molar-refractivity contribution in [1.82, 2.24) is 4.98 Å². The maximum atomic E-state index is 5.21. The monoisotopic (exact) mass is 753 g/mol. The predicted molar refractivity (Wildman–Crippen MR) is 252 cm³/mol. The average Bonchev–Trinajstić information content (AvgIpc) is 3.65. The fraction of sp³-hybridized carbons (Fsp3) is 0.175. The summed E-state index contributed by atoms with van der Waals surface area (Å²) in [7, 11) is 0. The van der Waals surface area contributed by atoms with E-state index in [1.807, 2.05) is 13.0 Å². The standard InChI is InChI=1S/C54H47N.C3H8/c1-6-9-10-19-41(34-47-32-31-40(8-3)51(47)17-7-2)42-20-13-21-43(33-42)44-22-14-24-48(35-44)53-27-16-28-54(55-53)49-25-15-23-45(36-49)46-30-29-39(5)52(37-46)50-26-12-11-18-38(50)4;1-3-2/h7-8,11-30,33-37H,3,10,31-32H2,1-2,4-5H3;3H2,1-2H3/b17-7-,41-19+,47-34+;. The number of nitrogens with zero attached hydrogens (tertiary/aromatic N) is 1. The molecule has 0 radical (unpaired) electrons. The Morgan fingerprint density at radius 2 is 1.24 bits per heavy atom. The van der Waals surface area contributed by atoms with Crippen molar-refractivity contribution in [2.75, 3.05) is 0 Å². The van der Waals surface area contributed by atoms with E-state index in [2.05, 4.69) is 211 Å². The van der Waals surface area contributed by atoms with E-state index >= 15 is 0 Å². The topological polar surface area (TPSA) is 12.9 Å². The van der Waals surface area contributed by atoms with E-state index in [9.17, 15) is 0 Å². The van der Waals surface area contributed by atoms with Crippen molar-refractivity contribution in [2.45, 2.75) is 67.2 Å². The van der Waals surface area contributed by atoms with Gasteiger partial charge in [-0.2, -0.15) is 0 Å². The van der Waals surface area contributed by atoms with Gasteiger partial charge in [0.25, 0.3) is 0 Å². The van der Waals surface area contributed by atoms with Gasteiger partial charge >= 0.3 is 0 Å². The van der Waals surface area contributed by atoms with Crippen LogP contribution in [0.25, 0.3) is 61.5 Å². The van der Waals surface area contributed by atoms with Gasteiger partial charge in [-0.1, -0.05) is 160 Å². The second-order valence-corrected chi connectivity index (χ2v) is 14.8. The summed E-state index contributed by atoms with van der Waals surface area (Å²) in [5.74, 6) is 6.29. The van der Waals surface area contributed by atoms with Crippen molar-refractivity contribution in [1.29, 1.82) is 0 Å². The van der Waals surface area contributed by atoms with Crippen LogP contribution in [0.1, 0.15) is 70.1 Å². The van der Waals surface area contributed by atoms with Crippen molar-refractivity contribution in [3.05, 3.63) is 204 Å². The summed E-state index contributed by atoms with van der Waals surface area (Å²) in [6.07, 6.45) is 14.9. The molecular formula is C57H55N. The van der Waals surface area contributed by atoms with Crippen molar-refractivity contribution >= 4 is 5.57 Å². The molecule has 6 aromatic rings. The number of hydrogen-bond donors (Lipinski definition) is 0. The molecule has 288 valence electrons. The summed E-state index contributed by atoms with van der Waals surface area (Å²) in [4.78, 5) is 5.21. The summed E-state index contributed by atoms with van der Waals surface area (Å²) in [5, 5.41) is 0. The number of aryl methyl sites for hydroxylation is 2. The Morgan fingerprint density at radius 3 is 1.88 bits per heavy atom. The summed E-state index contributed by atoms with van der Waals surface area (Å²) in [5.41, 5.74) is 20.2. The minimum Gasteiger partial charge on any atom is -0.248 e. The Balaban J connectivity index is 0.00000183. The number of hydrogen-bond acceptors (Lipinski definition) is 1. The Bertz CT molecular complexity index is 2590. The zero-order chi connectivity index (χ0) is 40.9. The van der Waals surface area contributed by atoms with Crippen LogP contribution in [-0.2, 0) is 0 Å². The van der Waals surface area contributed by atoms with E-state index in [4.69, 9.17) is 4.98 Å². The number of allylic oxidation sites excluding steroid dienone is 9. The lowest BCUT2D eigenvalue weighted by Crippen LogP contribution is -1.91. The zero-order valence-electron chi connectivity index (χ0n) is 35.1. The van der Waals surface area contributed by atoms with Crippen LogP contribution in [0.15, 0.2) is 187 Å². The molecule has 0 spiro atoms. The predicted octanol–water partition coefficient (Wildman–Crippen LogP) is 16.0. The molecule has 0 bridgehead atoms. The van der Waals surface area contributed by atoms with Gasteiger partial charge in [0, 0.05) is 17.5 Å². The minimum atomic E-state index is 0.705. The van der Waals surface area contributed by atoms with E-state index in [0.717, 1.165) is 40.9 Å².